The third kappa shape index (κ3) is 2.54. The third-order valence-electron chi connectivity index (χ3n) is 3.20. The van der Waals surface area contributed by atoms with Gasteiger partial charge in [0.1, 0.15) is 6.33 Å². The maximum atomic E-state index is 14.1. The highest BCUT2D eigenvalue weighted by Gasteiger charge is 2.29. The number of unbranched alkanes of at least 4 members (excludes halogenated alkanes) is 1. The predicted molar refractivity (Wildman–Crippen MR) is 65.7 cm³/mol. The van der Waals surface area contributed by atoms with Gasteiger partial charge in [-0.25, -0.2) is 14.4 Å². The van der Waals surface area contributed by atoms with Crippen LogP contribution in [0.25, 0.3) is 0 Å². The molecule has 0 atom stereocenters. The molecule has 5 heteroatoms. The summed E-state index contributed by atoms with van der Waals surface area (Å²) in [6.07, 6.45) is 4.17. The van der Waals surface area contributed by atoms with Crippen molar-refractivity contribution in [1.29, 1.82) is 0 Å². The zero-order valence-corrected chi connectivity index (χ0v) is 10.4. The second-order valence-electron chi connectivity index (χ2n) is 4.45. The van der Waals surface area contributed by atoms with E-state index in [1.54, 1.807) is 0 Å². The van der Waals surface area contributed by atoms with E-state index in [1.807, 2.05) is 11.9 Å². The van der Waals surface area contributed by atoms with Crippen molar-refractivity contribution in [3.63, 3.8) is 0 Å². The minimum absolute atomic E-state index is 0.240. The van der Waals surface area contributed by atoms with Crippen molar-refractivity contribution in [1.82, 2.24) is 15.3 Å². The average molecular weight is 238 g/mol. The van der Waals surface area contributed by atoms with E-state index >= 15 is 0 Å². The number of aromatic nitrogens is 2. The number of halogens is 1. The standard InChI is InChI=1S/C12H19FN4/c1-3-4-5-10-11(13)12(16-8-15-10)17-6-9(7-17)14-2/h8-9,14H,3-7H2,1-2H3. The van der Waals surface area contributed by atoms with Gasteiger partial charge in [0.2, 0.25) is 0 Å². The maximum Gasteiger partial charge on any atom is 0.187 e. The van der Waals surface area contributed by atoms with Gasteiger partial charge in [-0.05, 0) is 19.9 Å². The van der Waals surface area contributed by atoms with Crippen LogP contribution in [0.1, 0.15) is 25.5 Å². The van der Waals surface area contributed by atoms with Crippen LogP contribution in [-0.2, 0) is 6.42 Å². The molecule has 1 aliphatic rings. The van der Waals surface area contributed by atoms with Crippen LogP contribution in [0.5, 0.6) is 0 Å². The van der Waals surface area contributed by atoms with Crippen LogP contribution in [-0.4, -0.2) is 36.1 Å². The van der Waals surface area contributed by atoms with Crippen molar-refractivity contribution in [2.24, 2.45) is 0 Å². The fraction of sp³-hybridized carbons (Fsp3) is 0.667. The molecule has 4 nitrogen and oxygen atoms in total. The molecule has 0 radical (unpaired) electrons. The van der Waals surface area contributed by atoms with Gasteiger partial charge in [0, 0.05) is 19.1 Å². The van der Waals surface area contributed by atoms with E-state index in [4.69, 9.17) is 0 Å². The Labute approximate surface area is 101 Å². The van der Waals surface area contributed by atoms with Crippen molar-refractivity contribution in [2.45, 2.75) is 32.2 Å². The number of hydrogen-bond acceptors (Lipinski definition) is 4. The van der Waals surface area contributed by atoms with Gasteiger partial charge in [0.25, 0.3) is 0 Å². The Balaban J connectivity index is 2.07. The number of nitrogens with zero attached hydrogens (tertiary/aromatic N) is 3. The summed E-state index contributed by atoms with van der Waals surface area (Å²) in [7, 11) is 1.92. The van der Waals surface area contributed by atoms with Gasteiger partial charge in [-0.3, -0.25) is 0 Å². The van der Waals surface area contributed by atoms with E-state index < -0.39 is 0 Å². The van der Waals surface area contributed by atoms with E-state index in [9.17, 15) is 4.39 Å². The van der Waals surface area contributed by atoms with Crippen molar-refractivity contribution < 1.29 is 4.39 Å². The Morgan fingerprint density at radius 1 is 1.47 bits per heavy atom. The van der Waals surface area contributed by atoms with Crippen molar-refractivity contribution in [3.8, 4) is 0 Å². The lowest BCUT2D eigenvalue weighted by Gasteiger charge is -2.40. The summed E-state index contributed by atoms with van der Waals surface area (Å²) in [4.78, 5) is 10.0. The lowest BCUT2D eigenvalue weighted by atomic mass is 10.1. The van der Waals surface area contributed by atoms with Gasteiger partial charge in [0.15, 0.2) is 11.6 Å². The summed E-state index contributed by atoms with van der Waals surface area (Å²) in [5.41, 5.74) is 0.546. The van der Waals surface area contributed by atoms with Crippen LogP contribution in [0.3, 0.4) is 0 Å². The largest absolute Gasteiger partial charge is 0.351 e. The van der Waals surface area contributed by atoms with Gasteiger partial charge >= 0.3 is 0 Å². The first kappa shape index (κ1) is 12.2. The first-order chi connectivity index (χ1) is 8.26. The van der Waals surface area contributed by atoms with Gasteiger partial charge < -0.3 is 10.2 Å². The summed E-state index contributed by atoms with van der Waals surface area (Å²) in [5, 5.41) is 3.16. The average Bonchev–Trinajstić information content (AvgIpc) is 2.28. The number of likely N-dealkylation sites (N-methyl/N-ethyl adjacent to an activating group) is 1. The number of anilines is 1. The summed E-state index contributed by atoms with van der Waals surface area (Å²) in [6.45, 7) is 3.72. The van der Waals surface area contributed by atoms with Crippen LogP contribution in [0.2, 0.25) is 0 Å². The Morgan fingerprint density at radius 2 is 2.24 bits per heavy atom. The molecule has 0 aliphatic carbocycles. The first-order valence-corrected chi connectivity index (χ1v) is 6.17. The van der Waals surface area contributed by atoms with Gasteiger partial charge in [-0.2, -0.15) is 0 Å². The maximum absolute atomic E-state index is 14.1. The molecular formula is C12H19FN4. The number of rotatable bonds is 5. The lowest BCUT2D eigenvalue weighted by Crippen LogP contribution is -2.57. The highest BCUT2D eigenvalue weighted by Crippen LogP contribution is 2.23. The SMILES string of the molecule is CCCCc1ncnc(N2CC(NC)C2)c1F. The van der Waals surface area contributed by atoms with Gasteiger partial charge in [-0.1, -0.05) is 13.3 Å². The first-order valence-electron chi connectivity index (χ1n) is 6.17. The second-order valence-corrected chi connectivity index (χ2v) is 4.45. The molecule has 0 amide bonds. The van der Waals surface area contributed by atoms with E-state index in [1.165, 1.54) is 6.33 Å². The quantitative estimate of drug-likeness (QED) is 0.841. The molecule has 1 aromatic rings. The molecule has 0 unspecified atom stereocenters. The van der Waals surface area contributed by atoms with E-state index in [2.05, 4.69) is 22.2 Å². The highest BCUT2D eigenvalue weighted by molar-refractivity contribution is 5.44. The molecule has 0 saturated carbocycles. The zero-order valence-electron chi connectivity index (χ0n) is 10.4. The molecular weight excluding hydrogens is 219 g/mol. The molecule has 1 saturated heterocycles. The summed E-state index contributed by atoms with van der Waals surface area (Å²) < 4.78 is 14.1. The van der Waals surface area contributed by atoms with E-state index in [0.29, 0.717) is 24.0 Å². The van der Waals surface area contributed by atoms with Gasteiger partial charge in [0.05, 0.1) is 5.69 Å². The molecule has 1 aliphatic heterocycles. The Morgan fingerprint density at radius 3 is 2.88 bits per heavy atom. The molecule has 2 heterocycles. The van der Waals surface area contributed by atoms with Gasteiger partial charge in [-0.15, -0.1) is 0 Å². The Hall–Kier alpha value is -1.23. The van der Waals surface area contributed by atoms with Crippen LogP contribution >= 0.6 is 0 Å². The molecule has 1 N–H and O–H groups in total. The van der Waals surface area contributed by atoms with Crippen LogP contribution in [0.4, 0.5) is 10.2 Å². The normalized spacial score (nSPS) is 16.1. The molecule has 94 valence electrons. The van der Waals surface area contributed by atoms with Crippen LogP contribution < -0.4 is 10.2 Å². The minimum Gasteiger partial charge on any atom is -0.351 e. The molecule has 0 spiro atoms. The Bertz CT molecular complexity index is 377. The van der Waals surface area contributed by atoms with Crippen LogP contribution in [0.15, 0.2) is 6.33 Å². The molecule has 2 rings (SSSR count). The smallest absolute Gasteiger partial charge is 0.187 e. The fourth-order valence-electron chi connectivity index (χ4n) is 1.97. The zero-order chi connectivity index (χ0) is 12.3. The number of aryl methyl sites for hydroxylation is 1. The summed E-state index contributed by atoms with van der Waals surface area (Å²) in [6, 6.07) is 0.448. The van der Waals surface area contributed by atoms with Crippen molar-refractivity contribution >= 4 is 5.82 Å². The monoisotopic (exact) mass is 238 g/mol. The fourth-order valence-corrected chi connectivity index (χ4v) is 1.97. The van der Waals surface area contributed by atoms with E-state index in [0.717, 1.165) is 25.9 Å². The summed E-state index contributed by atoms with van der Waals surface area (Å²) in [5.74, 6) is 0.216. The number of hydrogen-bond donors (Lipinski definition) is 1. The van der Waals surface area contributed by atoms with Crippen LogP contribution in [0, 0.1) is 5.82 Å². The molecule has 1 fully saturated rings. The third-order valence-corrected chi connectivity index (χ3v) is 3.20. The minimum atomic E-state index is -0.240. The molecule has 1 aromatic heterocycles. The molecule has 0 bridgehead atoms. The molecule has 17 heavy (non-hydrogen) atoms. The second kappa shape index (κ2) is 5.40. The molecule has 0 aromatic carbocycles. The predicted octanol–water partition coefficient (Wildman–Crippen LogP) is 1.37. The Kier molecular flexibility index (Phi) is 3.89. The highest BCUT2D eigenvalue weighted by atomic mass is 19.1. The van der Waals surface area contributed by atoms with E-state index in [-0.39, 0.29) is 5.82 Å². The number of nitrogens with one attached hydrogen (secondary N) is 1. The van der Waals surface area contributed by atoms with Crippen molar-refractivity contribution in [3.05, 3.63) is 17.8 Å². The summed E-state index contributed by atoms with van der Waals surface area (Å²) >= 11 is 0. The van der Waals surface area contributed by atoms with Crippen molar-refractivity contribution in [2.75, 3.05) is 25.0 Å². The lowest BCUT2D eigenvalue weighted by molar-refractivity contribution is 0.436. The topological polar surface area (TPSA) is 41.1 Å².